The third-order valence-electron chi connectivity index (χ3n) is 11.2. The molecule has 2 aromatic carbocycles. The van der Waals surface area contributed by atoms with Gasteiger partial charge in [-0.05, 0) is 89.8 Å². The van der Waals surface area contributed by atoms with Gasteiger partial charge in [0.05, 0.1) is 18.9 Å². The summed E-state index contributed by atoms with van der Waals surface area (Å²) in [5.74, 6) is 1.40. The summed E-state index contributed by atoms with van der Waals surface area (Å²) >= 11 is 0. The van der Waals surface area contributed by atoms with Gasteiger partial charge in [0.15, 0.2) is 11.3 Å². The number of hydrogen-bond acceptors (Lipinski definition) is 15. The van der Waals surface area contributed by atoms with Gasteiger partial charge in [-0.1, -0.05) is 77.9 Å². The fourth-order valence-corrected chi connectivity index (χ4v) is 7.77. The first-order valence-electron chi connectivity index (χ1n) is 23.7. The van der Waals surface area contributed by atoms with Crippen molar-refractivity contribution in [2.45, 2.75) is 157 Å². The largest absolute Gasteiger partial charge is 0.508 e. The van der Waals surface area contributed by atoms with E-state index in [0.717, 1.165) is 74.0 Å². The molecule has 3 N–H and O–H groups in total. The van der Waals surface area contributed by atoms with Crippen LogP contribution in [0.5, 0.6) is 23.5 Å². The van der Waals surface area contributed by atoms with Crippen molar-refractivity contribution in [2.75, 3.05) is 23.3 Å². The third-order valence-corrected chi connectivity index (χ3v) is 11.2. The van der Waals surface area contributed by atoms with Crippen LogP contribution in [-0.2, 0) is 41.2 Å². The molecule has 379 valence electrons. The summed E-state index contributed by atoms with van der Waals surface area (Å²) in [5.41, 5.74) is 3.91. The zero-order valence-corrected chi connectivity index (χ0v) is 42.8. The zero-order valence-electron chi connectivity index (χ0n) is 41.4. The molecule has 6 aromatic rings. The number of benzene rings is 2. The molecule has 5 heterocycles. The molecule has 1 saturated heterocycles. The average molecular weight is 1000 g/mol. The summed E-state index contributed by atoms with van der Waals surface area (Å²) in [6, 6.07) is 14.8. The van der Waals surface area contributed by atoms with Gasteiger partial charge in [-0.2, -0.15) is 46.1 Å². The first kappa shape index (κ1) is 56.6. The van der Waals surface area contributed by atoms with E-state index in [-0.39, 0.29) is 80.2 Å². The number of piperidine rings is 1. The predicted molar refractivity (Wildman–Crippen MR) is 267 cm³/mol. The molecular formula is C51H72N11O7V-. The molecule has 1 saturated carbocycles. The molecule has 2 aliphatic rings. The van der Waals surface area contributed by atoms with Crippen molar-refractivity contribution < 1.29 is 52.2 Å². The molecule has 19 heteroatoms. The Hall–Kier alpha value is -5.98. The molecule has 0 bridgehead atoms. The van der Waals surface area contributed by atoms with Crippen molar-refractivity contribution >= 4 is 35.3 Å². The van der Waals surface area contributed by atoms with Crippen LogP contribution < -0.4 is 29.7 Å². The van der Waals surface area contributed by atoms with Gasteiger partial charge in [0.2, 0.25) is 11.9 Å². The number of esters is 1. The minimum absolute atomic E-state index is 0. The minimum atomic E-state index is -0.727. The number of aromatic hydroxyl groups is 1. The Morgan fingerprint density at radius 1 is 0.814 bits per heavy atom. The Morgan fingerprint density at radius 3 is 1.99 bits per heavy atom. The van der Waals surface area contributed by atoms with Gasteiger partial charge in [0.25, 0.3) is 0 Å². The van der Waals surface area contributed by atoms with Crippen molar-refractivity contribution in [3.63, 3.8) is 0 Å². The number of phenolic OH excluding ortho intramolecular Hbond substituents is 1. The van der Waals surface area contributed by atoms with E-state index >= 15 is 0 Å². The molecule has 2 fully saturated rings. The molecule has 1 amide bonds. The topological polar surface area (TPSA) is 205 Å². The molecular weight excluding hydrogens is 930 g/mol. The zero-order chi connectivity index (χ0) is 49.0. The number of para-hydroxylation sites is 2. The van der Waals surface area contributed by atoms with Gasteiger partial charge in [0.1, 0.15) is 29.3 Å². The van der Waals surface area contributed by atoms with Crippen LogP contribution in [0.1, 0.15) is 149 Å². The second-order valence-electron chi connectivity index (χ2n) is 18.3. The summed E-state index contributed by atoms with van der Waals surface area (Å²) in [7, 11) is 0. The predicted octanol–water partition coefficient (Wildman–Crippen LogP) is 10.00. The van der Waals surface area contributed by atoms with E-state index in [9.17, 15) is 14.7 Å². The van der Waals surface area contributed by atoms with Gasteiger partial charge in [0, 0.05) is 60.8 Å². The van der Waals surface area contributed by atoms with Gasteiger partial charge in [-0.25, -0.2) is 9.69 Å². The Labute approximate surface area is 424 Å². The maximum Gasteiger partial charge on any atom is 0.417 e. The molecule has 18 nitrogen and oxygen atoms in total. The van der Waals surface area contributed by atoms with Crippen LogP contribution in [0.2, 0.25) is 0 Å². The summed E-state index contributed by atoms with van der Waals surface area (Å²) in [4.78, 5) is 44.8. The fraction of sp³-hybridized carbons (Fsp3) is 0.510. The Balaban J connectivity index is 0.000000288. The van der Waals surface area contributed by atoms with Crippen LogP contribution in [0.25, 0.3) is 11.3 Å². The minimum Gasteiger partial charge on any atom is -0.508 e. The van der Waals surface area contributed by atoms with E-state index in [1.54, 1.807) is 73.3 Å². The molecule has 70 heavy (non-hydrogen) atoms. The van der Waals surface area contributed by atoms with Crippen molar-refractivity contribution in [3.05, 3.63) is 90.1 Å². The van der Waals surface area contributed by atoms with Crippen molar-refractivity contribution in [1.82, 2.24) is 44.5 Å². The van der Waals surface area contributed by atoms with Gasteiger partial charge >= 0.3 is 24.1 Å². The number of amides is 1. The number of nitrogens with one attached hydrogen (secondary N) is 2. The quantitative estimate of drug-likeness (QED) is 0.0559. The van der Waals surface area contributed by atoms with Crippen LogP contribution in [0.15, 0.2) is 60.9 Å². The SMILES string of the molecule is C.CC(=O)Oc1ccccc1CNc1nc(O[C@@H]2CCCNC2)nc2c(C(C)C)cnn12.CC(C)c1cnn2c(N(Cc3ccccc3O)C(=O)OC(C)(C)C)nc(OC3CCCCC3)nc12.[CH2-]C.[V]. The monoisotopic (exact) mass is 1000 g/mol. The molecule has 0 spiro atoms. The maximum atomic E-state index is 13.4. The number of fused-ring (bicyclic) bond motifs is 2. The Kier molecular flexibility index (Phi) is 21.3. The van der Waals surface area contributed by atoms with Gasteiger partial charge in [-0.15, -0.1) is 0 Å². The number of carbonyl (C=O) groups is 2. The maximum absolute atomic E-state index is 13.4. The number of phenols is 1. The third kappa shape index (κ3) is 15.0. The first-order valence-corrected chi connectivity index (χ1v) is 23.7. The van der Waals surface area contributed by atoms with E-state index in [2.05, 4.69) is 70.4 Å². The van der Waals surface area contributed by atoms with Crippen molar-refractivity contribution in [3.8, 4) is 23.5 Å². The van der Waals surface area contributed by atoms with Crippen LogP contribution >= 0.6 is 0 Å². The summed E-state index contributed by atoms with van der Waals surface area (Å²) in [5, 5.41) is 26.1. The summed E-state index contributed by atoms with van der Waals surface area (Å²) in [6.45, 7) is 22.4. The van der Waals surface area contributed by atoms with E-state index in [4.69, 9.17) is 23.9 Å². The summed E-state index contributed by atoms with van der Waals surface area (Å²) in [6.07, 6.45) is 10.4. The van der Waals surface area contributed by atoms with E-state index in [0.29, 0.717) is 35.5 Å². The number of aromatic nitrogens is 8. The normalized spacial score (nSPS) is 14.8. The smallest absolute Gasteiger partial charge is 0.417 e. The number of nitrogens with zero attached hydrogens (tertiary/aromatic N) is 9. The fourth-order valence-electron chi connectivity index (χ4n) is 7.77. The number of carbonyl (C=O) groups excluding carboxylic acids is 2. The number of hydrogen-bond donors (Lipinski definition) is 3. The van der Waals surface area contributed by atoms with Crippen molar-refractivity contribution in [1.29, 1.82) is 0 Å². The number of ether oxygens (including phenoxy) is 4. The Bertz CT molecular complexity index is 2600. The molecule has 1 aliphatic carbocycles. The Morgan fingerprint density at radius 2 is 1.39 bits per heavy atom. The molecule has 0 unspecified atom stereocenters. The standard InChI is InChI=1S/C26H35N5O4.C22H28N6O3.C2H5.CH4.V/c1-17(2)20-15-27-31-22(20)28-23(34-19-12-7-6-8-13-19)29-24(31)30(25(33)35-26(3,4)5)16-18-11-9-10-14-21(18)32;1-14(2)18-13-25-28-20(18)26-22(31-17-8-6-10-23-12-17)27-21(28)24-11-16-7-4-5-9-19(16)30-15(3)29;1-2;;/h9-11,14-15,17,19,32H,6-8,12-13,16H2,1-5H3;4-5,7,9,13-14,17,23H,6,8,10-12H2,1-3H3,(H,24,26,27);1H2,2H3;1H4;/q;;-1;;/t;17-;;;/m.1.../s1. The molecule has 4 aromatic heterocycles. The average Bonchev–Trinajstić information content (AvgIpc) is 3.95. The van der Waals surface area contributed by atoms with Gasteiger partial charge in [-0.3, -0.25) is 4.79 Å². The van der Waals surface area contributed by atoms with E-state index in [1.807, 2.05) is 24.4 Å². The van der Waals surface area contributed by atoms with Crippen LogP contribution in [-0.4, -0.2) is 87.2 Å². The van der Waals surface area contributed by atoms with E-state index in [1.165, 1.54) is 18.2 Å². The molecule has 8 rings (SSSR count). The van der Waals surface area contributed by atoms with Gasteiger partial charge < -0.3 is 41.6 Å². The molecule has 1 atom stereocenters. The number of anilines is 2. The van der Waals surface area contributed by atoms with Crippen molar-refractivity contribution in [2.24, 2.45) is 0 Å². The first-order chi connectivity index (χ1) is 32.6. The summed E-state index contributed by atoms with van der Waals surface area (Å²) < 4.78 is 26.6. The van der Waals surface area contributed by atoms with Crippen LogP contribution in [0.4, 0.5) is 16.7 Å². The molecule has 1 radical (unpaired) electrons. The second-order valence-corrected chi connectivity index (χ2v) is 18.3. The number of rotatable bonds is 13. The van der Waals surface area contributed by atoms with Crippen LogP contribution in [0.3, 0.4) is 0 Å². The van der Waals surface area contributed by atoms with Crippen LogP contribution in [0, 0.1) is 6.92 Å². The second kappa shape index (κ2) is 26.3. The molecule has 1 aliphatic heterocycles. The van der Waals surface area contributed by atoms with E-state index < -0.39 is 11.7 Å².